The Labute approximate surface area is 138 Å². The molecule has 3 rings (SSSR count). The fourth-order valence-corrected chi connectivity index (χ4v) is 4.01. The topological polar surface area (TPSA) is 74.9 Å². The highest BCUT2D eigenvalue weighted by molar-refractivity contribution is 7.17. The normalized spacial score (nSPS) is 20.0. The predicted octanol–water partition coefficient (Wildman–Crippen LogP) is 1.61. The summed E-state index contributed by atoms with van der Waals surface area (Å²) in [5, 5.41) is 9.77. The summed E-state index contributed by atoms with van der Waals surface area (Å²) in [5.74, 6) is -0.220. The van der Waals surface area contributed by atoms with Crippen molar-refractivity contribution in [3.63, 3.8) is 0 Å². The van der Waals surface area contributed by atoms with Crippen LogP contribution >= 0.6 is 11.3 Å². The third-order valence-corrected chi connectivity index (χ3v) is 5.75. The highest BCUT2D eigenvalue weighted by Gasteiger charge is 2.29. The van der Waals surface area contributed by atoms with E-state index in [1.165, 1.54) is 21.9 Å². The second-order valence-corrected chi connectivity index (χ2v) is 7.41. The van der Waals surface area contributed by atoms with E-state index in [9.17, 15) is 14.7 Å². The molecule has 1 fully saturated rings. The van der Waals surface area contributed by atoms with Gasteiger partial charge in [-0.2, -0.15) is 0 Å². The first kappa shape index (κ1) is 16.1. The Kier molecular flexibility index (Phi) is 4.25. The van der Waals surface area contributed by atoms with Gasteiger partial charge in [0.15, 0.2) is 4.96 Å². The Morgan fingerprint density at radius 3 is 2.91 bits per heavy atom. The first-order valence-electron chi connectivity index (χ1n) is 7.85. The van der Waals surface area contributed by atoms with Crippen LogP contribution in [-0.2, 0) is 0 Å². The minimum absolute atomic E-state index is 0.0669. The number of aryl methyl sites for hydroxylation is 2. The van der Waals surface area contributed by atoms with Crippen molar-refractivity contribution in [2.24, 2.45) is 5.92 Å². The molecule has 7 heteroatoms. The van der Waals surface area contributed by atoms with Crippen molar-refractivity contribution in [1.82, 2.24) is 14.3 Å². The monoisotopic (exact) mass is 335 g/mol. The van der Waals surface area contributed by atoms with E-state index in [4.69, 9.17) is 0 Å². The fraction of sp³-hybridized carbons (Fsp3) is 0.562. The Morgan fingerprint density at radius 2 is 2.22 bits per heavy atom. The molecule has 0 aliphatic carbocycles. The number of nitrogens with zero attached hydrogens (tertiary/aromatic N) is 3. The lowest BCUT2D eigenvalue weighted by atomic mass is 9.93. The Morgan fingerprint density at radius 1 is 1.48 bits per heavy atom. The van der Waals surface area contributed by atoms with Crippen molar-refractivity contribution in [2.75, 3.05) is 13.1 Å². The Bertz CT molecular complexity index is 809. The van der Waals surface area contributed by atoms with Crippen molar-refractivity contribution in [3.8, 4) is 0 Å². The van der Waals surface area contributed by atoms with E-state index in [1.54, 1.807) is 11.8 Å². The van der Waals surface area contributed by atoms with Crippen LogP contribution in [0.25, 0.3) is 4.96 Å². The summed E-state index contributed by atoms with van der Waals surface area (Å²) in [6.45, 7) is 6.65. The summed E-state index contributed by atoms with van der Waals surface area (Å²) in [4.78, 5) is 33.0. The van der Waals surface area contributed by atoms with E-state index in [1.807, 2.05) is 13.8 Å². The molecular formula is C16H21N3O3S. The number of aliphatic hydroxyl groups is 1. The van der Waals surface area contributed by atoms with Crippen molar-refractivity contribution < 1.29 is 9.90 Å². The number of carbonyl (C=O) groups excluding carboxylic acids is 1. The molecule has 0 bridgehead atoms. The standard InChI is InChI=1S/C16H21N3O3S/c1-9-11(3)23-16-17-7-13(15(22)19(9)16)14(21)18-6-4-5-12(8-18)10(2)20/h7,10,12,20H,4-6,8H2,1-3H3. The lowest BCUT2D eigenvalue weighted by molar-refractivity contribution is 0.0464. The molecule has 1 aliphatic heterocycles. The van der Waals surface area contributed by atoms with Crippen molar-refractivity contribution >= 4 is 22.2 Å². The quantitative estimate of drug-likeness (QED) is 0.905. The van der Waals surface area contributed by atoms with Crippen LogP contribution in [-0.4, -0.2) is 44.5 Å². The van der Waals surface area contributed by atoms with Gasteiger partial charge in [0.25, 0.3) is 11.5 Å². The van der Waals surface area contributed by atoms with Crippen LogP contribution in [0.3, 0.4) is 0 Å². The number of piperidine rings is 1. The Hall–Kier alpha value is -1.73. The number of fused-ring (bicyclic) bond motifs is 1. The van der Waals surface area contributed by atoms with Gasteiger partial charge in [-0.05, 0) is 33.6 Å². The number of thiazole rings is 1. The second kappa shape index (κ2) is 6.05. The molecule has 0 saturated carbocycles. The zero-order valence-electron chi connectivity index (χ0n) is 13.6. The first-order valence-corrected chi connectivity index (χ1v) is 8.67. The SMILES string of the molecule is Cc1sc2ncc(C(=O)N3CCCC(C(C)O)C3)c(=O)n2c1C. The molecular weight excluding hydrogens is 314 g/mol. The summed E-state index contributed by atoms with van der Waals surface area (Å²) in [6.07, 6.45) is 2.69. The molecule has 0 aromatic carbocycles. The minimum Gasteiger partial charge on any atom is -0.393 e. The average Bonchev–Trinajstić information content (AvgIpc) is 2.82. The number of likely N-dealkylation sites (tertiary alicyclic amines) is 1. The zero-order chi connectivity index (χ0) is 16.7. The van der Waals surface area contributed by atoms with Crippen LogP contribution in [0.1, 0.15) is 40.7 Å². The van der Waals surface area contributed by atoms with Crippen LogP contribution in [0.4, 0.5) is 0 Å². The number of aromatic nitrogens is 2. The molecule has 1 aliphatic rings. The van der Waals surface area contributed by atoms with Crippen LogP contribution in [0.5, 0.6) is 0 Å². The molecule has 2 aromatic heterocycles. The van der Waals surface area contributed by atoms with E-state index in [0.717, 1.165) is 23.4 Å². The molecule has 3 heterocycles. The van der Waals surface area contributed by atoms with Gasteiger partial charge in [0.2, 0.25) is 0 Å². The molecule has 2 atom stereocenters. The second-order valence-electron chi connectivity index (χ2n) is 6.23. The third kappa shape index (κ3) is 2.79. The summed E-state index contributed by atoms with van der Waals surface area (Å²) in [5.41, 5.74) is 0.633. The van der Waals surface area contributed by atoms with Crippen LogP contribution in [0.15, 0.2) is 11.0 Å². The summed E-state index contributed by atoms with van der Waals surface area (Å²) in [7, 11) is 0. The summed E-state index contributed by atoms with van der Waals surface area (Å²) >= 11 is 1.45. The number of hydrogen-bond acceptors (Lipinski definition) is 5. The van der Waals surface area contributed by atoms with E-state index in [2.05, 4.69) is 4.98 Å². The van der Waals surface area contributed by atoms with Gasteiger partial charge in [0.05, 0.1) is 6.10 Å². The molecule has 0 spiro atoms. The van der Waals surface area contributed by atoms with E-state index in [0.29, 0.717) is 18.1 Å². The minimum atomic E-state index is -0.450. The molecule has 0 radical (unpaired) electrons. The molecule has 6 nitrogen and oxygen atoms in total. The number of aliphatic hydroxyl groups excluding tert-OH is 1. The molecule has 2 unspecified atom stereocenters. The molecule has 124 valence electrons. The highest BCUT2D eigenvalue weighted by atomic mass is 32.1. The molecule has 23 heavy (non-hydrogen) atoms. The summed E-state index contributed by atoms with van der Waals surface area (Å²) < 4.78 is 1.52. The average molecular weight is 335 g/mol. The smallest absolute Gasteiger partial charge is 0.271 e. The van der Waals surface area contributed by atoms with Gasteiger partial charge >= 0.3 is 0 Å². The van der Waals surface area contributed by atoms with Gasteiger partial charge in [0.1, 0.15) is 5.56 Å². The Balaban J connectivity index is 1.96. The maximum absolute atomic E-state index is 12.7. The first-order chi connectivity index (χ1) is 10.9. The molecule has 1 N–H and O–H groups in total. The van der Waals surface area contributed by atoms with Crippen molar-refractivity contribution in [2.45, 2.75) is 39.7 Å². The van der Waals surface area contributed by atoms with Gasteiger partial charge in [0, 0.05) is 35.8 Å². The number of amides is 1. The maximum Gasteiger partial charge on any atom is 0.271 e. The fourth-order valence-electron chi connectivity index (χ4n) is 3.08. The summed E-state index contributed by atoms with van der Waals surface area (Å²) in [6, 6.07) is 0. The lowest BCUT2D eigenvalue weighted by Gasteiger charge is -2.34. The molecule has 2 aromatic rings. The number of hydrogen-bond donors (Lipinski definition) is 1. The van der Waals surface area contributed by atoms with Gasteiger partial charge < -0.3 is 10.0 Å². The van der Waals surface area contributed by atoms with Crippen LogP contribution < -0.4 is 5.56 Å². The van der Waals surface area contributed by atoms with Crippen LogP contribution in [0, 0.1) is 19.8 Å². The van der Waals surface area contributed by atoms with E-state index < -0.39 is 6.10 Å². The number of carbonyl (C=O) groups is 1. The molecule has 1 saturated heterocycles. The van der Waals surface area contributed by atoms with Gasteiger partial charge in [-0.25, -0.2) is 4.98 Å². The maximum atomic E-state index is 12.7. The lowest BCUT2D eigenvalue weighted by Crippen LogP contribution is -2.44. The third-order valence-electron chi connectivity index (χ3n) is 4.68. The predicted molar refractivity (Wildman–Crippen MR) is 89.1 cm³/mol. The van der Waals surface area contributed by atoms with Crippen molar-refractivity contribution in [3.05, 3.63) is 32.7 Å². The van der Waals surface area contributed by atoms with Gasteiger partial charge in [-0.3, -0.25) is 14.0 Å². The number of rotatable bonds is 2. The highest BCUT2D eigenvalue weighted by Crippen LogP contribution is 2.22. The van der Waals surface area contributed by atoms with Gasteiger partial charge in [-0.1, -0.05) is 0 Å². The van der Waals surface area contributed by atoms with Crippen LogP contribution in [0.2, 0.25) is 0 Å². The van der Waals surface area contributed by atoms with E-state index in [-0.39, 0.29) is 22.9 Å². The largest absolute Gasteiger partial charge is 0.393 e. The molecule has 1 amide bonds. The van der Waals surface area contributed by atoms with Crippen molar-refractivity contribution in [1.29, 1.82) is 0 Å². The zero-order valence-corrected chi connectivity index (χ0v) is 14.4. The van der Waals surface area contributed by atoms with E-state index >= 15 is 0 Å². The van der Waals surface area contributed by atoms with Gasteiger partial charge in [-0.15, -0.1) is 11.3 Å².